The molecule has 172 valence electrons. The van der Waals surface area contributed by atoms with Gasteiger partial charge in [0.2, 0.25) is 11.8 Å². The van der Waals surface area contributed by atoms with E-state index >= 15 is 0 Å². The van der Waals surface area contributed by atoms with Gasteiger partial charge in [-0.25, -0.2) is 0 Å². The molecule has 0 saturated carbocycles. The highest BCUT2D eigenvalue weighted by molar-refractivity contribution is 6.35. The highest BCUT2D eigenvalue weighted by atomic mass is 35.5. The molecular formula is C23H27Cl2N3O4. The molecule has 0 spiro atoms. The Morgan fingerprint density at radius 3 is 2.47 bits per heavy atom. The molecule has 2 rings (SSSR count). The number of hydrogen-bond acceptors (Lipinski definition) is 4. The van der Waals surface area contributed by atoms with Crippen LogP contribution in [0.2, 0.25) is 10.0 Å². The van der Waals surface area contributed by atoms with Crippen molar-refractivity contribution in [2.24, 2.45) is 0 Å². The molecule has 0 aromatic heterocycles. The average molecular weight is 480 g/mol. The van der Waals surface area contributed by atoms with Gasteiger partial charge in [0.1, 0.15) is 6.04 Å². The van der Waals surface area contributed by atoms with Crippen LogP contribution in [-0.2, 0) is 22.6 Å². The Morgan fingerprint density at radius 1 is 1.12 bits per heavy atom. The normalized spacial score (nSPS) is 11.6. The van der Waals surface area contributed by atoms with Gasteiger partial charge in [0.15, 0.2) is 0 Å². The zero-order valence-corrected chi connectivity index (χ0v) is 19.7. The summed E-state index contributed by atoms with van der Waals surface area (Å²) in [5.41, 5.74) is 0.786. The smallest absolute Gasteiger partial charge is 0.273 e. The monoisotopic (exact) mass is 479 g/mol. The van der Waals surface area contributed by atoms with E-state index in [2.05, 4.69) is 5.32 Å². The maximum atomic E-state index is 13.4. The van der Waals surface area contributed by atoms with Crippen LogP contribution >= 0.6 is 23.2 Å². The highest BCUT2D eigenvalue weighted by Gasteiger charge is 2.30. The predicted molar refractivity (Wildman–Crippen MR) is 126 cm³/mol. The third kappa shape index (κ3) is 6.93. The summed E-state index contributed by atoms with van der Waals surface area (Å²) >= 11 is 12.3. The van der Waals surface area contributed by atoms with Gasteiger partial charge >= 0.3 is 0 Å². The second-order valence-electron chi connectivity index (χ2n) is 7.39. The molecule has 0 aliphatic heterocycles. The maximum absolute atomic E-state index is 13.4. The Balaban J connectivity index is 2.36. The fraction of sp³-hybridized carbons (Fsp3) is 0.391. The number of nitro groups is 1. The van der Waals surface area contributed by atoms with Crippen molar-refractivity contribution >= 4 is 40.7 Å². The zero-order valence-electron chi connectivity index (χ0n) is 18.1. The molecule has 32 heavy (non-hydrogen) atoms. The van der Waals surface area contributed by atoms with Crippen molar-refractivity contribution in [3.8, 4) is 0 Å². The first-order valence-corrected chi connectivity index (χ1v) is 11.3. The molecule has 0 aliphatic rings. The lowest BCUT2D eigenvalue weighted by atomic mass is 10.1. The summed E-state index contributed by atoms with van der Waals surface area (Å²) in [5.74, 6) is -0.662. The van der Waals surface area contributed by atoms with Crippen molar-refractivity contribution < 1.29 is 14.5 Å². The number of nitrogens with zero attached hydrogens (tertiary/aromatic N) is 2. The van der Waals surface area contributed by atoms with E-state index in [1.165, 1.54) is 11.0 Å². The Morgan fingerprint density at radius 2 is 1.84 bits per heavy atom. The van der Waals surface area contributed by atoms with Gasteiger partial charge in [-0.05, 0) is 30.5 Å². The van der Waals surface area contributed by atoms with Crippen LogP contribution < -0.4 is 5.32 Å². The van der Waals surface area contributed by atoms with Crippen LogP contribution in [0.25, 0.3) is 0 Å². The first-order valence-electron chi connectivity index (χ1n) is 10.5. The van der Waals surface area contributed by atoms with E-state index in [0.29, 0.717) is 28.6 Å². The number of unbranched alkanes of at least 4 members (excludes halogenated alkanes) is 1. The van der Waals surface area contributed by atoms with Crippen molar-refractivity contribution in [2.75, 3.05) is 6.54 Å². The third-order valence-corrected chi connectivity index (χ3v) is 5.69. The first-order chi connectivity index (χ1) is 15.3. The molecule has 1 atom stereocenters. The zero-order chi connectivity index (χ0) is 23.7. The molecule has 2 amide bonds. The van der Waals surface area contributed by atoms with Crippen LogP contribution in [0.15, 0.2) is 42.5 Å². The summed E-state index contributed by atoms with van der Waals surface area (Å²) in [6.45, 7) is 4.43. The summed E-state index contributed by atoms with van der Waals surface area (Å²) in [6, 6.07) is 10.3. The summed E-state index contributed by atoms with van der Waals surface area (Å²) < 4.78 is 0. The fourth-order valence-corrected chi connectivity index (χ4v) is 3.83. The molecule has 0 saturated heterocycles. The largest absolute Gasteiger partial charge is 0.354 e. The number of para-hydroxylation sites is 1. The van der Waals surface area contributed by atoms with Gasteiger partial charge < -0.3 is 10.2 Å². The van der Waals surface area contributed by atoms with Crippen LogP contribution in [0.5, 0.6) is 0 Å². The predicted octanol–water partition coefficient (Wildman–Crippen LogP) is 5.17. The van der Waals surface area contributed by atoms with E-state index in [1.54, 1.807) is 36.4 Å². The van der Waals surface area contributed by atoms with Crippen LogP contribution in [-0.4, -0.2) is 34.2 Å². The molecular weight excluding hydrogens is 453 g/mol. The van der Waals surface area contributed by atoms with E-state index in [9.17, 15) is 19.7 Å². The number of nitrogens with one attached hydrogen (secondary N) is 1. The van der Waals surface area contributed by atoms with Gasteiger partial charge in [0, 0.05) is 34.8 Å². The molecule has 0 radical (unpaired) electrons. The van der Waals surface area contributed by atoms with Crippen LogP contribution in [0, 0.1) is 10.1 Å². The number of nitro benzene ring substituents is 1. The summed E-state index contributed by atoms with van der Waals surface area (Å²) in [4.78, 5) is 38.5. The van der Waals surface area contributed by atoms with Crippen LogP contribution in [0.3, 0.4) is 0 Å². The third-order valence-electron chi connectivity index (χ3n) is 5.10. The molecule has 2 aromatic carbocycles. The molecule has 2 aromatic rings. The maximum Gasteiger partial charge on any atom is 0.273 e. The number of carbonyl (C=O) groups excluding carboxylic acids is 2. The van der Waals surface area contributed by atoms with Crippen LogP contribution in [0.4, 0.5) is 5.69 Å². The molecule has 1 unspecified atom stereocenters. The van der Waals surface area contributed by atoms with Gasteiger partial charge in [0.05, 0.1) is 11.3 Å². The highest BCUT2D eigenvalue weighted by Crippen LogP contribution is 2.25. The quantitative estimate of drug-likeness (QED) is 0.273. The number of hydrogen-bond donors (Lipinski definition) is 1. The Bertz CT molecular complexity index is 968. The minimum Gasteiger partial charge on any atom is -0.354 e. The number of carbonyl (C=O) groups is 2. The van der Waals surface area contributed by atoms with Gasteiger partial charge in [-0.2, -0.15) is 0 Å². The second kappa shape index (κ2) is 12.4. The van der Waals surface area contributed by atoms with Crippen molar-refractivity contribution in [2.45, 2.75) is 52.1 Å². The number of benzene rings is 2. The van der Waals surface area contributed by atoms with Crippen LogP contribution in [0.1, 0.15) is 44.2 Å². The van der Waals surface area contributed by atoms with Gasteiger partial charge in [0.25, 0.3) is 5.69 Å². The second-order valence-corrected chi connectivity index (χ2v) is 8.23. The number of rotatable bonds is 11. The summed E-state index contributed by atoms with van der Waals surface area (Å²) in [5, 5.41) is 15.1. The minimum absolute atomic E-state index is 0.0785. The Kier molecular flexibility index (Phi) is 9.94. The number of halogens is 2. The van der Waals surface area contributed by atoms with E-state index in [4.69, 9.17) is 23.2 Å². The van der Waals surface area contributed by atoms with Crippen molar-refractivity contribution in [1.29, 1.82) is 0 Å². The van der Waals surface area contributed by atoms with E-state index in [1.807, 2.05) is 13.8 Å². The Labute approximate surface area is 197 Å². The topological polar surface area (TPSA) is 92.6 Å². The van der Waals surface area contributed by atoms with Gasteiger partial charge in [-0.15, -0.1) is 0 Å². The van der Waals surface area contributed by atoms with Gasteiger partial charge in [-0.3, -0.25) is 19.7 Å². The molecule has 0 aliphatic carbocycles. The molecule has 1 N–H and O–H groups in total. The van der Waals surface area contributed by atoms with E-state index in [-0.39, 0.29) is 30.1 Å². The SMILES string of the molecule is CCCCNC(=O)C(CC)N(Cc1ccc(Cl)cc1Cl)C(=O)Cc1ccccc1[N+](=O)[O-]. The molecule has 7 nitrogen and oxygen atoms in total. The van der Waals surface area contributed by atoms with Crippen molar-refractivity contribution in [3.05, 3.63) is 73.8 Å². The summed E-state index contributed by atoms with van der Waals surface area (Å²) in [7, 11) is 0. The fourth-order valence-electron chi connectivity index (χ4n) is 3.36. The van der Waals surface area contributed by atoms with E-state index in [0.717, 1.165) is 12.8 Å². The summed E-state index contributed by atoms with van der Waals surface area (Å²) in [6.07, 6.45) is 1.93. The van der Waals surface area contributed by atoms with Crippen molar-refractivity contribution in [1.82, 2.24) is 10.2 Å². The molecule has 0 heterocycles. The first kappa shape index (κ1) is 25.6. The van der Waals surface area contributed by atoms with Crippen molar-refractivity contribution in [3.63, 3.8) is 0 Å². The minimum atomic E-state index is -0.742. The lowest BCUT2D eigenvalue weighted by molar-refractivity contribution is -0.385. The number of amides is 2. The molecule has 0 bridgehead atoms. The van der Waals surface area contributed by atoms with Gasteiger partial charge in [-0.1, -0.05) is 67.7 Å². The lowest BCUT2D eigenvalue weighted by Crippen LogP contribution is -2.49. The lowest BCUT2D eigenvalue weighted by Gasteiger charge is -2.31. The average Bonchev–Trinajstić information content (AvgIpc) is 2.75. The Hall–Kier alpha value is -2.64. The molecule has 0 fully saturated rings. The standard InChI is InChI=1S/C23H27Cl2N3O4/c1-3-5-12-26-23(30)20(4-2)27(15-17-10-11-18(24)14-19(17)25)22(29)13-16-8-6-7-9-21(16)28(31)32/h6-11,14,20H,3-5,12-13,15H2,1-2H3,(H,26,30). The van der Waals surface area contributed by atoms with E-state index < -0.39 is 16.9 Å². The molecule has 9 heteroatoms.